The molecule has 0 N–H and O–H groups in total. The van der Waals surface area contributed by atoms with Crippen LogP contribution in [0.1, 0.15) is 43.9 Å². The summed E-state index contributed by atoms with van der Waals surface area (Å²) in [6, 6.07) is 6.44. The number of ketones is 1. The molecule has 1 rings (SSSR count). The molecular weight excluding hydrogens is 184 g/mol. The number of aryl methyl sites for hydroxylation is 2. The van der Waals surface area contributed by atoms with Gasteiger partial charge in [0, 0.05) is 12.8 Å². The molecular formula is C14H20O. The largest absolute Gasteiger partial charge is 0.299 e. The van der Waals surface area contributed by atoms with E-state index in [0.29, 0.717) is 18.6 Å². The third kappa shape index (κ3) is 3.19. The van der Waals surface area contributed by atoms with Crippen LogP contribution in [0.2, 0.25) is 0 Å². The van der Waals surface area contributed by atoms with Crippen molar-refractivity contribution in [1.82, 2.24) is 0 Å². The highest BCUT2D eigenvalue weighted by atomic mass is 16.1. The van der Waals surface area contributed by atoms with Gasteiger partial charge in [-0.05, 0) is 29.5 Å². The van der Waals surface area contributed by atoms with E-state index >= 15 is 0 Å². The number of carbonyl (C=O) groups excluding carboxylic acids is 1. The Hall–Kier alpha value is -1.11. The lowest BCUT2D eigenvalue weighted by molar-refractivity contribution is -0.118. The van der Waals surface area contributed by atoms with E-state index in [-0.39, 0.29) is 0 Å². The van der Waals surface area contributed by atoms with E-state index in [2.05, 4.69) is 32.0 Å². The Balaban J connectivity index is 2.88. The van der Waals surface area contributed by atoms with Crippen LogP contribution in [0.4, 0.5) is 0 Å². The van der Waals surface area contributed by atoms with Crippen LogP contribution >= 0.6 is 0 Å². The molecule has 0 heterocycles. The first-order chi connectivity index (χ1) is 7.21. The monoisotopic (exact) mass is 204 g/mol. The maximum absolute atomic E-state index is 11.3. The Morgan fingerprint density at radius 3 is 2.27 bits per heavy atom. The van der Waals surface area contributed by atoms with Crippen molar-refractivity contribution in [2.24, 2.45) is 0 Å². The molecule has 0 aliphatic carbocycles. The van der Waals surface area contributed by atoms with Crippen molar-refractivity contribution in [2.75, 3.05) is 0 Å². The molecule has 0 bridgehead atoms. The summed E-state index contributed by atoms with van der Waals surface area (Å²) in [5, 5.41) is 0. The van der Waals surface area contributed by atoms with Gasteiger partial charge in [0.15, 0.2) is 0 Å². The topological polar surface area (TPSA) is 17.1 Å². The van der Waals surface area contributed by atoms with E-state index in [4.69, 9.17) is 0 Å². The number of hydrogen-bond acceptors (Lipinski definition) is 1. The van der Waals surface area contributed by atoms with Crippen LogP contribution in [0, 0.1) is 0 Å². The first kappa shape index (κ1) is 12.0. The van der Waals surface area contributed by atoms with Crippen molar-refractivity contribution in [3.05, 3.63) is 34.9 Å². The Morgan fingerprint density at radius 1 is 1.07 bits per heavy atom. The van der Waals surface area contributed by atoms with Gasteiger partial charge in [0.2, 0.25) is 0 Å². The molecule has 0 unspecified atom stereocenters. The molecule has 0 atom stereocenters. The van der Waals surface area contributed by atoms with Gasteiger partial charge in [-0.3, -0.25) is 4.79 Å². The van der Waals surface area contributed by atoms with Gasteiger partial charge in [-0.1, -0.05) is 39.0 Å². The minimum absolute atomic E-state index is 0.321. The van der Waals surface area contributed by atoms with Crippen molar-refractivity contribution in [3.63, 3.8) is 0 Å². The molecule has 0 radical (unpaired) electrons. The van der Waals surface area contributed by atoms with E-state index in [1.807, 2.05) is 6.92 Å². The predicted octanol–water partition coefficient (Wildman–Crippen LogP) is 3.33. The lowest BCUT2D eigenvalue weighted by Crippen LogP contribution is -2.02. The Bertz CT molecular complexity index is 339. The van der Waals surface area contributed by atoms with Gasteiger partial charge in [-0.2, -0.15) is 0 Å². The molecule has 0 aliphatic rings. The second kappa shape index (κ2) is 5.69. The van der Waals surface area contributed by atoms with Crippen LogP contribution in [0.5, 0.6) is 0 Å². The summed E-state index contributed by atoms with van der Waals surface area (Å²) in [5.74, 6) is 0.321. The van der Waals surface area contributed by atoms with E-state index in [1.54, 1.807) is 0 Å². The van der Waals surface area contributed by atoms with Crippen molar-refractivity contribution in [3.8, 4) is 0 Å². The van der Waals surface area contributed by atoms with Gasteiger partial charge in [0.05, 0.1) is 0 Å². The second-order valence-electron chi connectivity index (χ2n) is 3.88. The summed E-state index contributed by atoms with van der Waals surface area (Å²) >= 11 is 0. The van der Waals surface area contributed by atoms with E-state index in [0.717, 1.165) is 18.4 Å². The minimum atomic E-state index is 0.321. The van der Waals surface area contributed by atoms with Gasteiger partial charge in [-0.25, -0.2) is 0 Å². The Kier molecular flexibility index (Phi) is 4.54. The smallest absolute Gasteiger partial charge is 0.136 e. The molecule has 1 nitrogen and oxygen atoms in total. The fraction of sp³-hybridized carbons (Fsp3) is 0.500. The first-order valence-electron chi connectivity index (χ1n) is 5.83. The zero-order valence-electron chi connectivity index (χ0n) is 9.97. The molecule has 0 aromatic heterocycles. The van der Waals surface area contributed by atoms with Gasteiger partial charge in [0.25, 0.3) is 0 Å². The molecule has 1 aromatic carbocycles. The molecule has 1 heteroatoms. The van der Waals surface area contributed by atoms with Crippen LogP contribution in [-0.2, 0) is 24.1 Å². The summed E-state index contributed by atoms with van der Waals surface area (Å²) in [7, 11) is 0. The molecule has 82 valence electrons. The van der Waals surface area contributed by atoms with Crippen molar-refractivity contribution < 1.29 is 4.79 Å². The quantitative estimate of drug-likeness (QED) is 0.719. The Labute approximate surface area is 92.5 Å². The minimum Gasteiger partial charge on any atom is -0.299 e. The number of rotatable bonds is 5. The van der Waals surface area contributed by atoms with Crippen LogP contribution < -0.4 is 0 Å². The number of carbonyl (C=O) groups is 1. The molecule has 1 aromatic rings. The predicted molar refractivity (Wildman–Crippen MR) is 64.2 cm³/mol. The standard InChI is InChI=1S/C14H20O/c1-4-12-8-7-11(9-13(12)5-2)10-14(15)6-3/h7-9H,4-6,10H2,1-3H3. The maximum Gasteiger partial charge on any atom is 0.136 e. The average Bonchev–Trinajstić information content (AvgIpc) is 2.28. The van der Waals surface area contributed by atoms with Gasteiger partial charge in [0.1, 0.15) is 5.78 Å². The zero-order valence-corrected chi connectivity index (χ0v) is 9.97. The van der Waals surface area contributed by atoms with Crippen molar-refractivity contribution >= 4 is 5.78 Å². The summed E-state index contributed by atoms with van der Waals surface area (Å²) < 4.78 is 0. The van der Waals surface area contributed by atoms with Gasteiger partial charge >= 0.3 is 0 Å². The molecule has 15 heavy (non-hydrogen) atoms. The highest BCUT2D eigenvalue weighted by molar-refractivity contribution is 5.80. The lowest BCUT2D eigenvalue weighted by Gasteiger charge is -2.08. The zero-order chi connectivity index (χ0) is 11.3. The summed E-state index contributed by atoms with van der Waals surface area (Å²) in [5.41, 5.74) is 3.96. The van der Waals surface area contributed by atoms with Gasteiger partial charge < -0.3 is 0 Å². The molecule has 0 fully saturated rings. The molecule has 0 aliphatic heterocycles. The fourth-order valence-corrected chi connectivity index (χ4v) is 1.82. The van der Waals surface area contributed by atoms with Crippen molar-refractivity contribution in [2.45, 2.75) is 46.5 Å². The normalized spacial score (nSPS) is 10.3. The Morgan fingerprint density at radius 2 is 1.73 bits per heavy atom. The fourth-order valence-electron chi connectivity index (χ4n) is 1.82. The summed E-state index contributed by atoms with van der Waals surface area (Å²) in [6.07, 6.45) is 3.35. The molecule has 0 saturated carbocycles. The lowest BCUT2D eigenvalue weighted by atomic mass is 9.97. The van der Waals surface area contributed by atoms with Crippen molar-refractivity contribution in [1.29, 1.82) is 0 Å². The third-order valence-corrected chi connectivity index (χ3v) is 2.83. The highest BCUT2D eigenvalue weighted by Gasteiger charge is 2.04. The van der Waals surface area contributed by atoms with Gasteiger partial charge in [-0.15, -0.1) is 0 Å². The maximum atomic E-state index is 11.3. The highest BCUT2D eigenvalue weighted by Crippen LogP contribution is 2.14. The molecule has 0 amide bonds. The van der Waals surface area contributed by atoms with Crippen LogP contribution in [0.25, 0.3) is 0 Å². The van der Waals surface area contributed by atoms with E-state index in [1.165, 1.54) is 11.1 Å². The second-order valence-corrected chi connectivity index (χ2v) is 3.88. The van der Waals surface area contributed by atoms with Crippen LogP contribution in [-0.4, -0.2) is 5.78 Å². The molecule has 0 spiro atoms. The van der Waals surface area contributed by atoms with Crippen LogP contribution in [0.3, 0.4) is 0 Å². The molecule has 0 saturated heterocycles. The number of hydrogen-bond donors (Lipinski definition) is 0. The van der Waals surface area contributed by atoms with E-state index < -0.39 is 0 Å². The number of benzene rings is 1. The summed E-state index contributed by atoms with van der Waals surface area (Å²) in [4.78, 5) is 11.3. The summed E-state index contributed by atoms with van der Waals surface area (Å²) in [6.45, 7) is 6.26. The third-order valence-electron chi connectivity index (χ3n) is 2.83. The first-order valence-corrected chi connectivity index (χ1v) is 5.83. The van der Waals surface area contributed by atoms with Crippen LogP contribution in [0.15, 0.2) is 18.2 Å². The SMILES string of the molecule is CCC(=O)Cc1ccc(CC)c(CC)c1. The van der Waals surface area contributed by atoms with E-state index in [9.17, 15) is 4.79 Å². The number of Topliss-reactive ketones (excluding diaryl/α,β-unsaturated/α-hetero) is 1. The average molecular weight is 204 g/mol.